The second-order valence-electron chi connectivity index (χ2n) is 7.73. The Labute approximate surface area is 200 Å². The van der Waals surface area contributed by atoms with E-state index in [1.165, 1.54) is 23.1 Å². The molecule has 3 rings (SSSR count). The zero-order valence-electron chi connectivity index (χ0n) is 18.8. The molecule has 1 aliphatic rings. The maximum absolute atomic E-state index is 14.7. The Morgan fingerprint density at radius 3 is 2.66 bits per heavy atom. The second kappa shape index (κ2) is 11.9. The molecule has 1 aromatic heterocycles. The molecule has 0 fully saturated rings. The fourth-order valence-corrected chi connectivity index (χ4v) is 3.25. The third-order valence-electron chi connectivity index (χ3n) is 5.08. The summed E-state index contributed by atoms with van der Waals surface area (Å²) in [4.78, 5) is 19.1. The van der Waals surface area contributed by atoms with Gasteiger partial charge in [-0.3, -0.25) is 10.2 Å². The molecule has 1 aliphatic heterocycles. The number of benzene rings is 1. The molecule has 0 bridgehead atoms. The fourth-order valence-electron chi connectivity index (χ4n) is 3.25. The third kappa shape index (κ3) is 7.24. The number of aromatic nitrogens is 1. The molecular weight excluding hydrogens is 465 g/mol. The number of hydrogen-bond acceptors (Lipinski definition) is 7. The molecule has 1 amide bonds. The normalized spacial score (nSPS) is 13.6. The molecule has 0 spiro atoms. The first kappa shape index (κ1) is 25.6. The number of guanidine groups is 1. The van der Waals surface area contributed by atoms with Crippen LogP contribution in [0.3, 0.4) is 0 Å². The van der Waals surface area contributed by atoms with E-state index in [4.69, 9.17) is 21.6 Å². The Hall–Kier alpha value is -4.00. The van der Waals surface area contributed by atoms with Crippen molar-refractivity contribution in [2.24, 2.45) is 11.5 Å². The van der Waals surface area contributed by atoms with E-state index < -0.39 is 23.5 Å². The topological polar surface area (TPSA) is 146 Å². The molecule has 0 aliphatic carbocycles. The van der Waals surface area contributed by atoms with Crippen molar-refractivity contribution < 1.29 is 22.7 Å². The smallest absolute Gasteiger partial charge is 0.236 e. The summed E-state index contributed by atoms with van der Waals surface area (Å²) in [5.41, 5.74) is 11.0. The number of pyridine rings is 1. The van der Waals surface area contributed by atoms with E-state index in [-0.39, 0.29) is 35.9 Å². The van der Waals surface area contributed by atoms with Crippen LogP contribution in [0.2, 0.25) is 0 Å². The molecule has 0 radical (unpaired) electrons. The average molecular weight is 493 g/mol. The Balaban J connectivity index is 1.46. The van der Waals surface area contributed by atoms with Crippen molar-refractivity contribution in [1.82, 2.24) is 20.5 Å². The van der Waals surface area contributed by atoms with Crippen LogP contribution in [0.1, 0.15) is 12.8 Å². The first-order valence-electron chi connectivity index (χ1n) is 10.8. The van der Waals surface area contributed by atoms with Crippen molar-refractivity contribution in [3.8, 4) is 11.6 Å². The molecule has 10 nitrogen and oxygen atoms in total. The van der Waals surface area contributed by atoms with Crippen LogP contribution in [-0.4, -0.2) is 54.1 Å². The minimum atomic E-state index is -1.19. The van der Waals surface area contributed by atoms with Crippen LogP contribution in [0.15, 0.2) is 42.9 Å². The van der Waals surface area contributed by atoms with Gasteiger partial charge in [0.15, 0.2) is 17.5 Å². The largest absolute Gasteiger partial charge is 0.436 e. The average Bonchev–Trinajstić information content (AvgIpc) is 3.29. The van der Waals surface area contributed by atoms with Crippen LogP contribution >= 0.6 is 0 Å². The van der Waals surface area contributed by atoms with Gasteiger partial charge in [-0.05, 0) is 31.0 Å². The third-order valence-corrected chi connectivity index (χ3v) is 5.08. The van der Waals surface area contributed by atoms with Crippen LogP contribution in [0.4, 0.5) is 18.9 Å². The minimum absolute atomic E-state index is 0.00546. The van der Waals surface area contributed by atoms with Crippen molar-refractivity contribution in [2.45, 2.75) is 18.9 Å². The van der Waals surface area contributed by atoms with E-state index in [0.29, 0.717) is 32.5 Å². The Morgan fingerprint density at radius 1 is 1.14 bits per heavy atom. The summed E-state index contributed by atoms with van der Waals surface area (Å²) in [6.45, 7) is 1.44. The number of rotatable bonds is 11. The first-order chi connectivity index (χ1) is 16.7. The lowest BCUT2D eigenvalue weighted by Gasteiger charge is -2.22. The Morgan fingerprint density at radius 2 is 1.94 bits per heavy atom. The number of nitrogens with one attached hydrogen (secondary N) is 3. The lowest BCUT2D eigenvalue weighted by Crippen LogP contribution is -2.43. The van der Waals surface area contributed by atoms with Gasteiger partial charge in [0.1, 0.15) is 5.82 Å². The zero-order chi connectivity index (χ0) is 25.4. The van der Waals surface area contributed by atoms with Crippen LogP contribution in [0.5, 0.6) is 11.6 Å². The zero-order valence-corrected chi connectivity index (χ0v) is 18.8. The number of carbonyl (C=O) groups excluding carboxylic acids is 1. The highest BCUT2D eigenvalue weighted by atomic mass is 19.2. The molecular formula is C22H27F3N8O2. The van der Waals surface area contributed by atoms with E-state index in [2.05, 4.69) is 15.6 Å². The fraction of sp³-hybridized carbons (Fsp3) is 0.318. The number of hydrogen-bond donors (Lipinski definition) is 5. The van der Waals surface area contributed by atoms with Gasteiger partial charge in [0.2, 0.25) is 17.6 Å². The highest BCUT2D eigenvalue weighted by Gasteiger charge is 2.22. The number of ether oxygens (including phenoxy) is 1. The van der Waals surface area contributed by atoms with Crippen molar-refractivity contribution in [3.63, 3.8) is 0 Å². The number of halogens is 3. The van der Waals surface area contributed by atoms with E-state index in [9.17, 15) is 18.0 Å². The molecule has 0 saturated carbocycles. The van der Waals surface area contributed by atoms with Crippen molar-refractivity contribution >= 4 is 17.6 Å². The van der Waals surface area contributed by atoms with E-state index in [1.54, 1.807) is 12.4 Å². The van der Waals surface area contributed by atoms with E-state index in [0.717, 1.165) is 12.3 Å². The van der Waals surface area contributed by atoms with Gasteiger partial charge in [0.05, 0.1) is 24.6 Å². The molecule has 0 unspecified atom stereocenters. The SMILES string of the molecule is N=C(N)NCCC[C@@H](N)C(=O)NCCN1C=CN(c2ccc(Oc3ccc(F)cn3)c(F)c2F)C1. The van der Waals surface area contributed by atoms with Crippen LogP contribution in [0.25, 0.3) is 0 Å². The maximum Gasteiger partial charge on any atom is 0.236 e. The first-order valence-corrected chi connectivity index (χ1v) is 10.8. The minimum Gasteiger partial charge on any atom is -0.436 e. The van der Waals surface area contributed by atoms with Gasteiger partial charge in [-0.25, -0.2) is 13.8 Å². The number of anilines is 1. The van der Waals surface area contributed by atoms with E-state index >= 15 is 0 Å². The van der Waals surface area contributed by atoms with Gasteiger partial charge in [-0.2, -0.15) is 4.39 Å². The summed E-state index contributed by atoms with van der Waals surface area (Å²) < 4.78 is 47.4. The Bertz CT molecular complexity index is 1070. The predicted octanol–water partition coefficient (Wildman–Crippen LogP) is 1.55. The van der Waals surface area contributed by atoms with E-state index in [1.807, 2.05) is 4.90 Å². The number of nitrogens with zero attached hydrogens (tertiary/aromatic N) is 3. The summed E-state index contributed by atoms with van der Waals surface area (Å²) >= 11 is 0. The van der Waals surface area contributed by atoms with Crippen molar-refractivity contribution in [2.75, 3.05) is 31.2 Å². The summed E-state index contributed by atoms with van der Waals surface area (Å²) in [6, 6.07) is 4.26. The molecule has 2 aromatic rings. The number of nitrogens with two attached hydrogens (primary N) is 2. The van der Waals surface area contributed by atoms with Crippen LogP contribution < -0.4 is 31.7 Å². The highest BCUT2D eigenvalue weighted by Crippen LogP contribution is 2.32. The van der Waals surface area contributed by atoms with Gasteiger partial charge in [0.25, 0.3) is 0 Å². The molecule has 2 heterocycles. The lowest BCUT2D eigenvalue weighted by molar-refractivity contribution is -0.122. The molecule has 188 valence electrons. The molecule has 1 atom stereocenters. The standard InChI is InChI=1S/C22H27F3N8O2/c23-14-3-6-18(31-12-14)35-17-5-4-16(19(24)20(17)25)33-11-10-32(13-33)9-8-29-21(34)15(26)2-1-7-30-22(27)28/h3-6,10-12,15H,1-2,7-9,13,26H2,(H,29,34)(H4,27,28,30)/t15-/m1/s1. The van der Waals surface area contributed by atoms with Crippen LogP contribution in [0, 0.1) is 22.9 Å². The molecule has 1 aromatic carbocycles. The van der Waals surface area contributed by atoms with Crippen LogP contribution in [-0.2, 0) is 4.79 Å². The highest BCUT2D eigenvalue weighted by molar-refractivity contribution is 5.81. The van der Waals surface area contributed by atoms with Gasteiger partial charge in [-0.1, -0.05) is 0 Å². The van der Waals surface area contributed by atoms with Gasteiger partial charge >= 0.3 is 0 Å². The monoisotopic (exact) mass is 492 g/mol. The summed E-state index contributed by atoms with van der Waals surface area (Å²) in [6.07, 6.45) is 5.22. The number of carbonyl (C=O) groups is 1. The summed E-state index contributed by atoms with van der Waals surface area (Å²) in [5, 5.41) is 12.5. The summed E-state index contributed by atoms with van der Waals surface area (Å²) in [5.74, 6) is -3.75. The van der Waals surface area contributed by atoms with Crippen molar-refractivity contribution in [1.29, 1.82) is 5.41 Å². The Kier molecular flexibility index (Phi) is 8.73. The maximum atomic E-state index is 14.7. The van der Waals surface area contributed by atoms with Gasteiger partial charge in [0, 0.05) is 38.1 Å². The number of amides is 1. The van der Waals surface area contributed by atoms with Gasteiger partial charge < -0.3 is 36.6 Å². The quantitative estimate of drug-likeness (QED) is 0.180. The summed E-state index contributed by atoms with van der Waals surface area (Å²) in [7, 11) is 0. The lowest BCUT2D eigenvalue weighted by atomic mass is 10.1. The second-order valence-corrected chi connectivity index (χ2v) is 7.73. The van der Waals surface area contributed by atoms with Crippen molar-refractivity contribution in [3.05, 3.63) is 60.3 Å². The molecule has 13 heteroatoms. The molecule has 0 saturated heterocycles. The molecule has 35 heavy (non-hydrogen) atoms. The molecule has 7 N–H and O–H groups in total. The van der Waals surface area contributed by atoms with Gasteiger partial charge in [-0.15, -0.1) is 0 Å². The predicted molar refractivity (Wildman–Crippen MR) is 124 cm³/mol.